The van der Waals surface area contributed by atoms with Crippen LogP contribution in [-0.4, -0.2) is 25.9 Å². The third-order valence-corrected chi connectivity index (χ3v) is 2.47. The summed E-state index contributed by atoms with van der Waals surface area (Å²) >= 11 is 0. The van der Waals surface area contributed by atoms with E-state index in [-0.39, 0.29) is 5.60 Å². The van der Waals surface area contributed by atoms with Gasteiger partial charge in [0.2, 0.25) is 0 Å². The zero-order chi connectivity index (χ0) is 7.61. The number of methoxy groups -OCH3 is 1. The van der Waals surface area contributed by atoms with E-state index in [4.69, 9.17) is 9.47 Å². The third-order valence-electron chi connectivity index (χ3n) is 2.47. The van der Waals surface area contributed by atoms with Crippen molar-refractivity contribution in [1.82, 2.24) is 0 Å². The first-order chi connectivity index (χ1) is 4.71. The zero-order valence-electron chi connectivity index (χ0n) is 7.02. The average molecular weight is 144 g/mol. The molecule has 1 aliphatic rings. The maximum absolute atomic E-state index is 5.44. The molecule has 1 atom stereocenters. The maximum Gasteiger partial charge on any atom is 0.0955 e. The Labute approximate surface area is 62.5 Å². The van der Waals surface area contributed by atoms with E-state index in [2.05, 4.69) is 13.8 Å². The molecule has 1 rings (SSSR count). The van der Waals surface area contributed by atoms with Crippen LogP contribution in [0.25, 0.3) is 0 Å². The summed E-state index contributed by atoms with van der Waals surface area (Å²) in [7, 11) is 1.77. The summed E-state index contributed by atoms with van der Waals surface area (Å²) in [5, 5.41) is 0. The van der Waals surface area contributed by atoms with Crippen molar-refractivity contribution in [2.24, 2.45) is 5.92 Å². The lowest BCUT2D eigenvalue weighted by atomic mass is 9.89. The zero-order valence-corrected chi connectivity index (χ0v) is 7.02. The number of rotatable bonds is 2. The van der Waals surface area contributed by atoms with Gasteiger partial charge in [-0.1, -0.05) is 13.8 Å². The number of hydrogen-bond acceptors (Lipinski definition) is 2. The van der Waals surface area contributed by atoms with Gasteiger partial charge in [-0.3, -0.25) is 0 Å². The molecular weight excluding hydrogens is 128 g/mol. The molecule has 0 saturated carbocycles. The molecule has 1 saturated heterocycles. The van der Waals surface area contributed by atoms with Crippen LogP contribution in [0, 0.1) is 5.92 Å². The normalized spacial score (nSPS) is 33.6. The van der Waals surface area contributed by atoms with E-state index in [1.807, 2.05) is 0 Å². The van der Waals surface area contributed by atoms with Gasteiger partial charge in [0.1, 0.15) is 0 Å². The summed E-state index contributed by atoms with van der Waals surface area (Å²) in [6, 6.07) is 0. The van der Waals surface area contributed by atoms with Crippen molar-refractivity contribution in [3.05, 3.63) is 0 Å². The molecule has 0 aromatic heterocycles. The van der Waals surface area contributed by atoms with Gasteiger partial charge in [-0.15, -0.1) is 0 Å². The van der Waals surface area contributed by atoms with Gasteiger partial charge in [-0.05, 0) is 5.92 Å². The van der Waals surface area contributed by atoms with Gasteiger partial charge in [0.25, 0.3) is 0 Å². The van der Waals surface area contributed by atoms with Gasteiger partial charge in [0.15, 0.2) is 0 Å². The van der Waals surface area contributed by atoms with E-state index in [0.717, 1.165) is 19.6 Å². The number of hydrogen-bond donors (Lipinski definition) is 0. The van der Waals surface area contributed by atoms with E-state index in [0.29, 0.717) is 5.92 Å². The minimum atomic E-state index is 0.0139. The summed E-state index contributed by atoms with van der Waals surface area (Å²) in [6.07, 6.45) is 1.04. The minimum absolute atomic E-state index is 0.0139. The summed E-state index contributed by atoms with van der Waals surface area (Å²) < 4.78 is 10.7. The molecule has 0 amide bonds. The quantitative estimate of drug-likeness (QED) is 0.584. The second-order valence-corrected chi connectivity index (χ2v) is 3.23. The fourth-order valence-electron chi connectivity index (χ4n) is 1.41. The largest absolute Gasteiger partial charge is 0.378 e. The molecule has 2 nitrogen and oxygen atoms in total. The van der Waals surface area contributed by atoms with Gasteiger partial charge >= 0.3 is 0 Å². The van der Waals surface area contributed by atoms with E-state index >= 15 is 0 Å². The number of ether oxygens (including phenoxy) is 2. The highest BCUT2D eigenvalue weighted by atomic mass is 16.5. The molecule has 2 heteroatoms. The van der Waals surface area contributed by atoms with Crippen molar-refractivity contribution in [2.45, 2.75) is 25.9 Å². The molecule has 0 bridgehead atoms. The van der Waals surface area contributed by atoms with Crippen molar-refractivity contribution in [2.75, 3.05) is 20.3 Å². The summed E-state index contributed by atoms with van der Waals surface area (Å²) in [6.45, 7) is 5.98. The van der Waals surface area contributed by atoms with E-state index < -0.39 is 0 Å². The molecule has 0 N–H and O–H groups in total. The molecule has 1 aliphatic heterocycles. The SMILES string of the molecule is COC1(C(C)C)CCOC1. The van der Waals surface area contributed by atoms with Gasteiger partial charge in [0, 0.05) is 20.1 Å². The molecule has 0 aromatic carbocycles. The van der Waals surface area contributed by atoms with E-state index in [1.54, 1.807) is 7.11 Å². The van der Waals surface area contributed by atoms with Crippen LogP contribution in [0.5, 0.6) is 0 Å². The van der Waals surface area contributed by atoms with E-state index in [1.165, 1.54) is 0 Å². The first kappa shape index (κ1) is 8.02. The van der Waals surface area contributed by atoms with Crippen molar-refractivity contribution in [3.8, 4) is 0 Å². The van der Waals surface area contributed by atoms with Crippen LogP contribution in [0.3, 0.4) is 0 Å². The molecule has 0 spiro atoms. The van der Waals surface area contributed by atoms with Crippen LogP contribution < -0.4 is 0 Å². The summed E-state index contributed by atoms with van der Waals surface area (Å²) in [5.41, 5.74) is 0.0139. The molecule has 0 radical (unpaired) electrons. The smallest absolute Gasteiger partial charge is 0.0955 e. The predicted molar refractivity (Wildman–Crippen MR) is 40.0 cm³/mol. The van der Waals surface area contributed by atoms with Crippen molar-refractivity contribution >= 4 is 0 Å². The highest BCUT2D eigenvalue weighted by molar-refractivity contribution is 4.87. The maximum atomic E-state index is 5.44. The second-order valence-electron chi connectivity index (χ2n) is 3.23. The van der Waals surface area contributed by atoms with E-state index in [9.17, 15) is 0 Å². The van der Waals surface area contributed by atoms with Crippen molar-refractivity contribution in [3.63, 3.8) is 0 Å². The Morgan fingerprint density at radius 3 is 2.40 bits per heavy atom. The Morgan fingerprint density at radius 1 is 1.50 bits per heavy atom. The molecule has 1 heterocycles. The van der Waals surface area contributed by atoms with Crippen LogP contribution in [0.2, 0.25) is 0 Å². The van der Waals surface area contributed by atoms with Crippen molar-refractivity contribution in [1.29, 1.82) is 0 Å². The Hall–Kier alpha value is -0.0800. The van der Waals surface area contributed by atoms with Crippen molar-refractivity contribution < 1.29 is 9.47 Å². The lowest BCUT2D eigenvalue weighted by Gasteiger charge is -2.29. The Balaban J connectivity index is 2.58. The predicted octanol–water partition coefficient (Wildman–Crippen LogP) is 1.45. The molecule has 10 heavy (non-hydrogen) atoms. The topological polar surface area (TPSA) is 18.5 Å². The lowest BCUT2D eigenvalue weighted by Crippen LogP contribution is -2.37. The second kappa shape index (κ2) is 2.89. The molecule has 0 aromatic rings. The minimum Gasteiger partial charge on any atom is -0.378 e. The van der Waals surface area contributed by atoms with Crippen LogP contribution in [0.15, 0.2) is 0 Å². The van der Waals surface area contributed by atoms with Crippen LogP contribution in [-0.2, 0) is 9.47 Å². The monoisotopic (exact) mass is 144 g/mol. The first-order valence-electron chi connectivity index (χ1n) is 3.84. The highest BCUT2D eigenvalue weighted by Crippen LogP contribution is 2.29. The standard InChI is InChI=1S/C8H16O2/c1-7(2)8(9-3)4-5-10-6-8/h7H,4-6H2,1-3H3. The fraction of sp³-hybridized carbons (Fsp3) is 1.00. The Morgan fingerprint density at radius 2 is 2.20 bits per heavy atom. The third kappa shape index (κ3) is 1.18. The molecule has 1 fully saturated rings. The summed E-state index contributed by atoms with van der Waals surface area (Å²) in [5.74, 6) is 0.556. The fourth-order valence-corrected chi connectivity index (χ4v) is 1.41. The van der Waals surface area contributed by atoms with Crippen LogP contribution in [0.4, 0.5) is 0 Å². The Bertz CT molecular complexity index is 104. The molecular formula is C8H16O2. The summed E-state index contributed by atoms with van der Waals surface area (Å²) in [4.78, 5) is 0. The van der Waals surface area contributed by atoms with Gasteiger partial charge < -0.3 is 9.47 Å². The molecule has 60 valence electrons. The van der Waals surface area contributed by atoms with Gasteiger partial charge in [0.05, 0.1) is 12.2 Å². The first-order valence-corrected chi connectivity index (χ1v) is 3.84. The van der Waals surface area contributed by atoms with Crippen LogP contribution in [0.1, 0.15) is 20.3 Å². The molecule has 0 aliphatic carbocycles. The van der Waals surface area contributed by atoms with Gasteiger partial charge in [-0.25, -0.2) is 0 Å². The Kier molecular flexibility index (Phi) is 2.32. The van der Waals surface area contributed by atoms with Crippen LogP contribution >= 0.6 is 0 Å². The highest BCUT2D eigenvalue weighted by Gasteiger charge is 2.37. The molecule has 1 unspecified atom stereocenters. The average Bonchev–Trinajstić information content (AvgIpc) is 2.35. The van der Waals surface area contributed by atoms with Gasteiger partial charge in [-0.2, -0.15) is 0 Å². The lowest BCUT2D eigenvalue weighted by molar-refractivity contribution is -0.0511.